The first-order valence-electron chi connectivity index (χ1n) is 5.85. The van der Waals surface area contributed by atoms with Crippen LogP contribution >= 0.6 is 0 Å². The second kappa shape index (κ2) is 4.56. The van der Waals surface area contributed by atoms with Crippen molar-refractivity contribution >= 4 is 0 Å². The van der Waals surface area contributed by atoms with Gasteiger partial charge in [-0.05, 0) is 43.9 Å². The molecule has 0 atom stereocenters. The van der Waals surface area contributed by atoms with Crippen LogP contribution in [0.3, 0.4) is 0 Å². The molecule has 1 heterocycles. The van der Waals surface area contributed by atoms with E-state index in [-0.39, 0.29) is 0 Å². The third-order valence-electron chi connectivity index (χ3n) is 3.40. The van der Waals surface area contributed by atoms with Gasteiger partial charge in [-0.3, -0.25) is 0 Å². The van der Waals surface area contributed by atoms with Crippen molar-refractivity contribution < 1.29 is 0 Å². The second-order valence-corrected chi connectivity index (χ2v) is 4.45. The van der Waals surface area contributed by atoms with Crippen LogP contribution in [0.25, 0.3) is 0 Å². The summed E-state index contributed by atoms with van der Waals surface area (Å²) in [5, 5.41) is 0. The van der Waals surface area contributed by atoms with Crippen LogP contribution in [0.4, 0.5) is 0 Å². The molecule has 0 aliphatic heterocycles. The maximum atomic E-state index is 2.36. The number of aromatic nitrogens is 1. The van der Waals surface area contributed by atoms with Crippen LogP contribution in [0.15, 0.2) is 36.5 Å². The van der Waals surface area contributed by atoms with E-state index in [1.165, 1.54) is 22.4 Å². The zero-order valence-corrected chi connectivity index (χ0v) is 10.3. The first-order chi connectivity index (χ1) is 7.68. The van der Waals surface area contributed by atoms with E-state index in [2.05, 4.69) is 61.9 Å². The Morgan fingerprint density at radius 2 is 1.69 bits per heavy atom. The molecule has 0 amide bonds. The highest BCUT2D eigenvalue weighted by Gasteiger charge is 2.04. The number of rotatable bonds is 3. The molecule has 0 aliphatic rings. The van der Waals surface area contributed by atoms with Gasteiger partial charge in [0.2, 0.25) is 0 Å². The lowest BCUT2D eigenvalue weighted by Gasteiger charge is -2.06. The molecule has 1 aromatic heterocycles. The molecule has 1 aromatic carbocycles. The van der Waals surface area contributed by atoms with Crippen molar-refractivity contribution in [2.24, 2.45) is 0 Å². The SMILES string of the molecule is Cc1cn(CCc2ccccc2)c(C)c1C. The molecule has 0 aliphatic carbocycles. The smallest absolute Gasteiger partial charge is 0.0262 e. The van der Waals surface area contributed by atoms with Crippen LogP contribution in [0.2, 0.25) is 0 Å². The summed E-state index contributed by atoms with van der Waals surface area (Å²) in [4.78, 5) is 0. The van der Waals surface area contributed by atoms with Crippen LogP contribution in [-0.4, -0.2) is 4.57 Å². The number of benzene rings is 1. The fourth-order valence-corrected chi connectivity index (χ4v) is 2.05. The normalized spacial score (nSPS) is 10.7. The lowest BCUT2D eigenvalue weighted by atomic mass is 10.1. The Hall–Kier alpha value is -1.50. The molecule has 0 radical (unpaired) electrons. The average molecular weight is 213 g/mol. The molecule has 0 unspecified atom stereocenters. The fourth-order valence-electron chi connectivity index (χ4n) is 2.05. The predicted octanol–water partition coefficient (Wildman–Crippen LogP) is 3.66. The van der Waals surface area contributed by atoms with Crippen LogP contribution in [0.5, 0.6) is 0 Å². The first-order valence-corrected chi connectivity index (χ1v) is 5.85. The minimum absolute atomic E-state index is 1.07. The van der Waals surface area contributed by atoms with Crippen molar-refractivity contribution in [2.45, 2.75) is 33.7 Å². The minimum atomic E-state index is 1.07. The van der Waals surface area contributed by atoms with E-state index >= 15 is 0 Å². The van der Waals surface area contributed by atoms with Gasteiger partial charge in [-0.25, -0.2) is 0 Å². The van der Waals surface area contributed by atoms with Gasteiger partial charge >= 0.3 is 0 Å². The maximum Gasteiger partial charge on any atom is 0.0262 e. The third kappa shape index (κ3) is 2.19. The molecule has 0 bridgehead atoms. The first kappa shape index (κ1) is 11.0. The van der Waals surface area contributed by atoms with Crippen molar-refractivity contribution in [1.29, 1.82) is 0 Å². The van der Waals surface area contributed by atoms with E-state index in [0.717, 1.165) is 13.0 Å². The zero-order valence-electron chi connectivity index (χ0n) is 10.3. The summed E-state index contributed by atoms with van der Waals surface area (Å²) in [5.74, 6) is 0. The fraction of sp³-hybridized carbons (Fsp3) is 0.333. The molecule has 0 saturated heterocycles. The summed E-state index contributed by atoms with van der Waals surface area (Å²) < 4.78 is 2.36. The molecule has 0 spiro atoms. The minimum Gasteiger partial charge on any atom is -0.351 e. The van der Waals surface area contributed by atoms with Crippen LogP contribution < -0.4 is 0 Å². The third-order valence-corrected chi connectivity index (χ3v) is 3.40. The molecule has 84 valence electrons. The molecule has 16 heavy (non-hydrogen) atoms. The Kier molecular flexibility index (Phi) is 3.14. The van der Waals surface area contributed by atoms with Gasteiger partial charge in [-0.15, -0.1) is 0 Å². The highest BCUT2D eigenvalue weighted by molar-refractivity contribution is 5.29. The maximum absolute atomic E-state index is 2.36. The summed E-state index contributed by atoms with van der Waals surface area (Å²) in [7, 11) is 0. The highest BCUT2D eigenvalue weighted by atomic mass is 15.0. The van der Waals surface area contributed by atoms with Gasteiger partial charge in [0.25, 0.3) is 0 Å². The van der Waals surface area contributed by atoms with Crippen molar-refractivity contribution in [3.8, 4) is 0 Å². The molecule has 2 aromatic rings. The van der Waals surface area contributed by atoms with Crippen molar-refractivity contribution in [3.63, 3.8) is 0 Å². The number of nitrogens with zero attached hydrogens (tertiary/aromatic N) is 1. The van der Waals surface area contributed by atoms with Gasteiger partial charge in [0.15, 0.2) is 0 Å². The number of hydrogen-bond donors (Lipinski definition) is 0. The Labute approximate surface area is 97.7 Å². The van der Waals surface area contributed by atoms with Gasteiger partial charge in [-0.1, -0.05) is 30.3 Å². The van der Waals surface area contributed by atoms with E-state index in [9.17, 15) is 0 Å². The van der Waals surface area contributed by atoms with Crippen LogP contribution in [0, 0.1) is 20.8 Å². The van der Waals surface area contributed by atoms with Crippen LogP contribution in [-0.2, 0) is 13.0 Å². The lowest BCUT2D eigenvalue weighted by Crippen LogP contribution is -2.02. The summed E-state index contributed by atoms with van der Waals surface area (Å²) in [6, 6.07) is 10.7. The molecule has 0 N–H and O–H groups in total. The van der Waals surface area contributed by atoms with Gasteiger partial charge in [0.05, 0.1) is 0 Å². The molecule has 0 fully saturated rings. The quantitative estimate of drug-likeness (QED) is 0.733. The summed E-state index contributed by atoms with van der Waals surface area (Å²) in [6.45, 7) is 7.66. The molecular formula is C15H19N. The molecule has 1 nitrogen and oxygen atoms in total. The Morgan fingerprint density at radius 3 is 2.25 bits per heavy atom. The van der Waals surface area contributed by atoms with Gasteiger partial charge in [-0.2, -0.15) is 0 Å². The molecule has 0 saturated carbocycles. The standard InChI is InChI=1S/C15H19N/c1-12-11-16(14(3)13(12)2)10-9-15-7-5-4-6-8-15/h4-8,11H,9-10H2,1-3H3. The van der Waals surface area contributed by atoms with Crippen molar-refractivity contribution in [3.05, 3.63) is 58.9 Å². The van der Waals surface area contributed by atoms with E-state index < -0.39 is 0 Å². The molecule has 1 heteroatoms. The van der Waals surface area contributed by atoms with E-state index in [1.807, 2.05) is 0 Å². The van der Waals surface area contributed by atoms with E-state index in [1.54, 1.807) is 0 Å². The predicted molar refractivity (Wildman–Crippen MR) is 68.8 cm³/mol. The van der Waals surface area contributed by atoms with Gasteiger partial charge < -0.3 is 4.57 Å². The van der Waals surface area contributed by atoms with Crippen molar-refractivity contribution in [2.75, 3.05) is 0 Å². The Morgan fingerprint density at radius 1 is 1.00 bits per heavy atom. The van der Waals surface area contributed by atoms with E-state index in [0.29, 0.717) is 0 Å². The summed E-state index contributed by atoms with van der Waals surface area (Å²) >= 11 is 0. The van der Waals surface area contributed by atoms with Gasteiger partial charge in [0, 0.05) is 18.4 Å². The topological polar surface area (TPSA) is 4.93 Å². The number of aryl methyl sites for hydroxylation is 3. The second-order valence-electron chi connectivity index (χ2n) is 4.45. The largest absolute Gasteiger partial charge is 0.351 e. The average Bonchev–Trinajstić information content (AvgIpc) is 2.56. The zero-order chi connectivity index (χ0) is 11.5. The van der Waals surface area contributed by atoms with Gasteiger partial charge in [0.1, 0.15) is 0 Å². The number of hydrogen-bond acceptors (Lipinski definition) is 0. The van der Waals surface area contributed by atoms with Crippen LogP contribution in [0.1, 0.15) is 22.4 Å². The summed E-state index contributed by atoms with van der Waals surface area (Å²) in [6.07, 6.45) is 3.36. The monoisotopic (exact) mass is 213 g/mol. The Bertz CT molecular complexity index is 466. The lowest BCUT2D eigenvalue weighted by molar-refractivity contribution is 0.679. The molecule has 2 rings (SSSR count). The highest BCUT2D eigenvalue weighted by Crippen LogP contribution is 2.15. The molecular weight excluding hydrogens is 194 g/mol. The van der Waals surface area contributed by atoms with E-state index in [4.69, 9.17) is 0 Å². The summed E-state index contributed by atoms with van der Waals surface area (Å²) in [5.41, 5.74) is 5.62. The van der Waals surface area contributed by atoms with Crippen molar-refractivity contribution in [1.82, 2.24) is 4.57 Å². The Balaban J connectivity index is 2.08.